The summed E-state index contributed by atoms with van der Waals surface area (Å²) < 4.78 is 43.4. The lowest BCUT2D eigenvalue weighted by molar-refractivity contribution is -0.145. The minimum Gasteiger partial charge on any atom is -0.469 e. The topological polar surface area (TPSA) is 158 Å². The summed E-state index contributed by atoms with van der Waals surface area (Å²) >= 11 is 5.98. The molecule has 25 heteroatoms. The molecule has 0 bridgehead atoms. The van der Waals surface area contributed by atoms with Crippen LogP contribution < -0.4 is 0 Å². The molecule has 0 fully saturated rings. The lowest BCUT2D eigenvalue weighted by Crippen LogP contribution is -2.07. The number of ether oxygens (including phenoxy) is 6. The van der Waals surface area contributed by atoms with Crippen LogP contribution in [0.4, 0.5) is 0 Å². The van der Waals surface area contributed by atoms with Crippen LogP contribution in [-0.4, -0.2) is 149 Å². The molecule has 0 N–H and O–H groups in total. The second-order valence-electron chi connectivity index (χ2n) is 19.5. The SMILES string of the molecule is C.C.C.C.C.C.C.C.C=C(C)C(=O)OC.C=C(C)C(=O)OC.CCCCCC.CCCCCC.CCCCCC.CCCCCC.CCCCCC.CCCCCC.COC(=O)C(C)C.COC(=O)C(C)C.COC(=O)C(C)C.COC(=O)C(C)C.[3H]S.[3H]SBr.[3H]SCl.[B].[B].[B].[B].[B].[B].[B].[B]. The largest absolute Gasteiger partial charge is 0.469 e. The molecule has 0 unspecified atom stereocenters. The van der Waals surface area contributed by atoms with Crippen molar-refractivity contribution in [1.82, 2.24) is 0 Å². The third-order valence-electron chi connectivity index (χ3n) is 9.50. The molecule has 0 aromatic rings. The number of thiol groups is 2. The van der Waals surface area contributed by atoms with E-state index in [4.69, 9.17) is 3.37 Å². The van der Waals surface area contributed by atoms with Crippen LogP contribution in [0.5, 0.6) is 0 Å². The van der Waals surface area contributed by atoms with E-state index in [-0.39, 0.29) is 186 Å². The Morgan fingerprint density at radius 3 is 0.424 bits per heavy atom. The molecule has 0 aliphatic heterocycles. The van der Waals surface area contributed by atoms with Crippen molar-refractivity contribution in [2.45, 2.75) is 366 Å². The molecule has 99 heavy (non-hydrogen) atoms. The van der Waals surface area contributed by atoms with Crippen LogP contribution in [-0.2, 0) is 57.2 Å². The molecular formula is C74H176B8BrClO12S3. The summed E-state index contributed by atoms with van der Waals surface area (Å²) in [7, 11) is 13.6. The first-order valence-electron chi connectivity index (χ1n) is 31.9. The first-order valence-corrected chi connectivity index (χ1v) is 34.2. The van der Waals surface area contributed by atoms with E-state index in [0.717, 1.165) is 11.0 Å². The summed E-state index contributed by atoms with van der Waals surface area (Å²) in [6.07, 6.45) is 33.2. The highest BCUT2D eigenvalue weighted by atomic mass is 79.9. The maximum absolute atomic E-state index is 10.3. The van der Waals surface area contributed by atoms with Crippen molar-refractivity contribution in [3.63, 3.8) is 0 Å². The molecule has 0 spiro atoms. The van der Waals surface area contributed by atoms with Gasteiger partial charge in [-0.15, -0.1) is 11.0 Å². The molecular weight excluding hydrogens is 1380 g/mol. The number of hydrogen-bond acceptors (Lipinski definition) is 14. The van der Waals surface area contributed by atoms with Crippen LogP contribution in [0.15, 0.2) is 24.3 Å². The van der Waals surface area contributed by atoms with Gasteiger partial charge in [-0.3, -0.25) is 19.2 Å². The first-order chi connectivity index (χ1) is 40.4. The standard InChI is InChI=1S/6C6H14.4C5H10O2.2C5H8O2.8CH4.8B.BrHS.ClHS.H2S/c6*1-3-5-6-4-2;6*1-4(2)5(6)7-3;;;;;;;;;;;;;;;;;2*1-2;/h6*3-6H2,1-2H3;4*4H,1-3H3;2*1H2,2-3H3;8*1H4;;;;;;;;;2*2H;1H2/i;;;;;;;;;;;;;;;;;;;;;;;;;;;;2*2T;/hT. The Kier molecular flexibility index (Phi) is 402. The number of unbranched alkanes of at least 4 members (excludes halogenated alkanes) is 18. The molecule has 12 nitrogen and oxygen atoms in total. The smallest absolute Gasteiger partial charge is 0.332 e. The van der Waals surface area contributed by atoms with Crippen LogP contribution in [0.2, 0.25) is 0 Å². The highest BCUT2D eigenvalue weighted by Crippen LogP contribution is 2.00. The fourth-order valence-corrected chi connectivity index (χ4v) is 4.29. The van der Waals surface area contributed by atoms with E-state index in [1.165, 1.54) is 197 Å². The Morgan fingerprint density at radius 1 is 0.333 bits per heavy atom. The summed E-state index contributed by atoms with van der Waals surface area (Å²) in [6.45, 7) is 51.1. The van der Waals surface area contributed by atoms with E-state index in [9.17, 15) is 28.8 Å². The van der Waals surface area contributed by atoms with Crippen molar-refractivity contribution in [3.8, 4) is 0 Å². The average molecular weight is 1560 g/mol. The van der Waals surface area contributed by atoms with Crippen LogP contribution in [0.3, 0.4) is 0 Å². The predicted molar refractivity (Wildman–Crippen MR) is 483 cm³/mol. The van der Waals surface area contributed by atoms with Crippen molar-refractivity contribution >= 4 is 165 Å². The van der Waals surface area contributed by atoms with Gasteiger partial charge in [-0.1, -0.05) is 377 Å². The minimum absolute atomic E-state index is 0. The number of esters is 6. The Hall–Kier alpha value is -1.36. The van der Waals surface area contributed by atoms with Gasteiger partial charge >= 0.3 is 35.8 Å². The lowest BCUT2D eigenvalue weighted by Gasteiger charge is -1.97. The van der Waals surface area contributed by atoms with Gasteiger partial charge in [0, 0.05) is 78.5 Å². The monoisotopic (exact) mass is 1560 g/mol. The molecule has 0 heterocycles. The summed E-state index contributed by atoms with van der Waals surface area (Å²) in [5.41, 5.74) is 0.866. The van der Waals surface area contributed by atoms with E-state index in [1.54, 1.807) is 69.2 Å². The molecule has 0 amide bonds. The second kappa shape index (κ2) is 212. The van der Waals surface area contributed by atoms with E-state index >= 15 is 0 Å². The van der Waals surface area contributed by atoms with Crippen molar-refractivity contribution < 1.29 is 57.2 Å². The number of hydrogen-bond donors (Lipinski definition) is 2. The summed E-state index contributed by atoms with van der Waals surface area (Å²) in [5.74, 6) is -1.29. The van der Waals surface area contributed by atoms with Gasteiger partial charge in [0.25, 0.3) is 0 Å². The van der Waals surface area contributed by atoms with E-state index in [0.29, 0.717) is 22.9 Å². The van der Waals surface area contributed by atoms with E-state index < -0.39 is 0 Å². The van der Waals surface area contributed by atoms with Crippen molar-refractivity contribution in [2.24, 2.45) is 23.7 Å². The van der Waals surface area contributed by atoms with Gasteiger partial charge in [-0.25, -0.2) is 9.59 Å². The Bertz CT molecular complexity index is 1110. The van der Waals surface area contributed by atoms with Crippen molar-refractivity contribution in [1.29, 1.82) is 3.37 Å². The zero-order chi connectivity index (χ0) is 71.6. The molecule has 0 saturated carbocycles. The predicted octanol–water partition coefficient (Wildman–Crippen LogP) is 24.7. The molecule has 0 aliphatic carbocycles. The third kappa shape index (κ3) is 312. The Balaban J connectivity index is -0.0000000182. The van der Waals surface area contributed by atoms with Gasteiger partial charge in [0.15, 0.2) is 0 Å². The number of methoxy groups -OCH3 is 6. The maximum Gasteiger partial charge on any atom is 0.332 e. The minimum atomic E-state index is -0.347. The summed E-state index contributed by atoms with van der Waals surface area (Å²) in [6, 6.07) is 0. The normalized spacial score (nSPS) is 7.40. The molecule has 0 aromatic heterocycles. The third-order valence-corrected chi connectivity index (χ3v) is 9.50. The van der Waals surface area contributed by atoms with Gasteiger partial charge in [0.05, 0.1) is 67.5 Å². The van der Waals surface area contributed by atoms with Crippen molar-refractivity contribution in [3.05, 3.63) is 24.3 Å². The van der Waals surface area contributed by atoms with Gasteiger partial charge in [-0.2, -0.15) is 13.4 Å². The van der Waals surface area contributed by atoms with Crippen LogP contribution in [0.1, 0.15) is 366 Å². The number of halogens is 2. The number of carbonyl (C=O) groups is 6. The van der Waals surface area contributed by atoms with E-state index in [1.807, 2.05) is 0 Å². The molecule has 0 rings (SSSR count). The highest BCUT2D eigenvalue weighted by Gasteiger charge is 2.05. The Morgan fingerprint density at radius 2 is 0.414 bits per heavy atom. The lowest BCUT2D eigenvalue weighted by atomic mass is 10.2. The van der Waals surface area contributed by atoms with Gasteiger partial charge < -0.3 is 28.4 Å². The van der Waals surface area contributed by atoms with Crippen LogP contribution >= 0.6 is 61.6 Å². The molecule has 600 valence electrons. The van der Waals surface area contributed by atoms with E-state index in [2.05, 4.69) is 164 Å². The van der Waals surface area contributed by atoms with Crippen LogP contribution in [0.25, 0.3) is 0 Å². The number of rotatable bonds is 24. The first kappa shape index (κ1) is 188. The fourth-order valence-electron chi connectivity index (χ4n) is 4.29. The van der Waals surface area contributed by atoms with Crippen molar-refractivity contribution in [2.75, 3.05) is 42.7 Å². The van der Waals surface area contributed by atoms with Gasteiger partial charge in [-0.05, 0) is 39.3 Å². The Labute approximate surface area is 677 Å². The number of carbonyl (C=O) groups excluding carboxylic acids is 6. The molecule has 0 aliphatic rings. The zero-order valence-electron chi connectivity index (χ0n) is 67.2. The maximum atomic E-state index is 10.3. The average Bonchev–Trinajstić information content (AvgIpc) is 3.50. The molecule has 0 saturated heterocycles. The second-order valence-corrected chi connectivity index (χ2v) is 19.5. The fraction of sp³-hybridized carbons (Fsp3) is 0.865. The summed E-state index contributed by atoms with van der Waals surface area (Å²) in [5, 5.41) is 0. The van der Waals surface area contributed by atoms with Gasteiger partial charge in [0.1, 0.15) is 2.25 Å². The zero-order valence-corrected chi connectivity index (χ0v) is 69.1. The van der Waals surface area contributed by atoms with Crippen LogP contribution in [0, 0.1) is 23.7 Å². The molecule has 24 radical (unpaired) electrons. The van der Waals surface area contributed by atoms with Gasteiger partial charge in [0.2, 0.25) is 0 Å². The quantitative estimate of drug-likeness (QED) is 0.0236. The highest BCUT2D eigenvalue weighted by molar-refractivity contribution is 9.46. The molecule has 0 atom stereocenters. The summed E-state index contributed by atoms with van der Waals surface area (Å²) in [4.78, 5) is 61.5. The molecule has 0 aromatic carbocycles.